The van der Waals surface area contributed by atoms with Crippen molar-refractivity contribution < 1.29 is 9.90 Å². The molecule has 0 heterocycles. The smallest absolute Gasteiger partial charge is 0.324 e. The van der Waals surface area contributed by atoms with E-state index in [-0.39, 0.29) is 0 Å². The van der Waals surface area contributed by atoms with Crippen LogP contribution in [0.15, 0.2) is 0 Å². The second-order valence-corrected chi connectivity index (χ2v) is 4.11. The Balaban J connectivity index is 4.76. The van der Waals surface area contributed by atoms with Crippen LogP contribution in [0.4, 0.5) is 0 Å². The molecule has 0 bridgehead atoms. The SMILES string of the molecule is CCN(CC)C(CC)(CCCCN)C(=O)O. The van der Waals surface area contributed by atoms with Crippen LogP contribution in [0, 0.1) is 0 Å². The number of carboxylic acid groups (broad SMARTS) is 1. The molecule has 0 saturated carbocycles. The normalized spacial score (nSPS) is 15.1. The summed E-state index contributed by atoms with van der Waals surface area (Å²) in [4.78, 5) is 13.6. The van der Waals surface area contributed by atoms with E-state index in [9.17, 15) is 9.90 Å². The predicted octanol–water partition coefficient (Wildman–Crippen LogP) is 1.69. The van der Waals surface area contributed by atoms with E-state index in [0.29, 0.717) is 19.4 Å². The molecule has 0 rings (SSSR count). The Labute approximate surface area is 98.8 Å². The van der Waals surface area contributed by atoms with E-state index < -0.39 is 11.5 Å². The van der Waals surface area contributed by atoms with Crippen LogP contribution in [-0.2, 0) is 4.79 Å². The fourth-order valence-corrected chi connectivity index (χ4v) is 2.34. The van der Waals surface area contributed by atoms with Gasteiger partial charge in [0.1, 0.15) is 5.54 Å². The molecule has 0 amide bonds. The van der Waals surface area contributed by atoms with Crippen molar-refractivity contribution in [3.63, 3.8) is 0 Å². The van der Waals surface area contributed by atoms with E-state index in [1.165, 1.54) is 0 Å². The Kier molecular flexibility index (Phi) is 7.34. The first kappa shape index (κ1) is 15.4. The van der Waals surface area contributed by atoms with Gasteiger partial charge in [0, 0.05) is 0 Å². The second kappa shape index (κ2) is 7.63. The third-order valence-corrected chi connectivity index (χ3v) is 3.40. The fraction of sp³-hybridized carbons (Fsp3) is 0.917. The highest BCUT2D eigenvalue weighted by atomic mass is 16.4. The summed E-state index contributed by atoms with van der Waals surface area (Å²) in [6.45, 7) is 8.17. The number of nitrogens with two attached hydrogens (primary N) is 1. The number of likely N-dealkylation sites (N-methyl/N-ethyl adjacent to an activating group) is 1. The largest absolute Gasteiger partial charge is 0.480 e. The minimum Gasteiger partial charge on any atom is -0.480 e. The van der Waals surface area contributed by atoms with Gasteiger partial charge in [-0.25, -0.2) is 0 Å². The molecular formula is C12H26N2O2. The number of hydrogen-bond donors (Lipinski definition) is 2. The Morgan fingerprint density at radius 2 is 1.81 bits per heavy atom. The van der Waals surface area contributed by atoms with Gasteiger partial charge < -0.3 is 10.8 Å². The molecule has 0 aliphatic heterocycles. The van der Waals surface area contributed by atoms with Crippen LogP contribution in [0.25, 0.3) is 0 Å². The average molecular weight is 230 g/mol. The molecule has 3 N–H and O–H groups in total. The Bertz CT molecular complexity index is 205. The summed E-state index contributed by atoms with van der Waals surface area (Å²) in [6.07, 6.45) is 3.12. The lowest BCUT2D eigenvalue weighted by atomic mass is 9.87. The lowest BCUT2D eigenvalue weighted by Crippen LogP contribution is -2.54. The van der Waals surface area contributed by atoms with Crippen molar-refractivity contribution in [2.75, 3.05) is 19.6 Å². The van der Waals surface area contributed by atoms with E-state index in [0.717, 1.165) is 25.9 Å². The molecule has 16 heavy (non-hydrogen) atoms. The van der Waals surface area contributed by atoms with E-state index >= 15 is 0 Å². The van der Waals surface area contributed by atoms with Gasteiger partial charge >= 0.3 is 5.97 Å². The van der Waals surface area contributed by atoms with E-state index in [2.05, 4.69) is 0 Å². The fourth-order valence-electron chi connectivity index (χ4n) is 2.34. The molecule has 96 valence electrons. The molecule has 0 spiro atoms. The lowest BCUT2D eigenvalue weighted by molar-refractivity contribution is -0.152. The van der Waals surface area contributed by atoms with Crippen molar-refractivity contribution in [2.24, 2.45) is 5.73 Å². The summed E-state index contributed by atoms with van der Waals surface area (Å²) in [5.41, 5.74) is 4.76. The number of carbonyl (C=O) groups is 1. The van der Waals surface area contributed by atoms with Crippen molar-refractivity contribution in [3.05, 3.63) is 0 Å². The molecule has 0 radical (unpaired) electrons. The molecule has 4 nitrogen and oxygen atoms in total. The number of unbranched alkanes of at least 4 members (excludes halogenated alkanes) is 1. The second-order valence-electron chi connectivity index (χ2n) is 4.11. The van der Waals surface area contributed by atoms with E-state index in [1.54, 1.807) is 0 Å². The third kappa shape index (κ3) is 3.46. The van der Waals surface area contributed by atoms with Gasteiger partial charge in [0.05, 0.1) is 0 Å². The van der Waals surface area contributed by atoms with Crippen molar-refractivity contribution in [3.8, 4) is 0 Å². The van der Waals surface area contributed by atoms with Crippen LogP contribution in [0.2, 0.25) is 0 Å². The average Bonchev–Trinajstić information content (AvgIpc) is 2.28. The number of carboxylic acids is 1. The topological polar surface area (TPSA) is 66.6 Å². The van der Waals surface area contributed by atoms with Gasteiger partial charge in [0.15, 0.2) is 0 Å². The molecule has 1 atom stereocenters. The van der Waals surface area contributed by atoms with Crippen LogP contribution in [0.1, 0.15) is 46.5 Å². The highest BCUT2D eigenvalue weighted by Gasteiger charge is 2.40. The van der Waals surface area contributed by atoms with Gasteiger partial charge in [-0.1, -0.05) is 20.8 Å². The molecular weight excluding hydrogens is 204 g/mol. The number of aliphatic carboxylic acids is 1. The van der Waals surface area contributed by atoms with Crippen molar-refractivity contribution in [1.29, 1.82) is 0 Å². The summed E-state index contributed by atoms with van der Waals surface area (Å²) in [6, 6.07) is 0. The van der Waals surface area contributed by atoms with Gasteiger partial charge in [-0.2, -0.15) is 0 Å². The molecule has 0 aliphatic carbocycles. The summed E-state index contributed by atoms with van der Waals surface area (Å²) >= 11 is 0. The first-order chi connectivity index (χ1) is 7.58. The minimum atomic E-state index is -0.698. The van der Waals surface area contributed by atoms with Gasteiger partial charge in [0.25, 0.3) is 0 Å². The molecule has 0 aromatic rings. The maximum absolute atomic E-state index is 11.5. The predicted molar refractivity (Wildman–Crippen MR) is 66.5 cm³/mol. The molecule has 0 aromatic carbocycles. The highest BCUT2D eigenvalue weighted by molar-refractivity contribution is 5.78. The van der Waals surface area contributed by atoms with Crippen LogP contribution in [0.5, 0.6) is 0 Å². The first-order valence-electron chi connectivity index (χ1n) is 6.27. The molecule has 0 aromatic heterocycles. The lowest BCUT2D eigenvalue weighted by Gasteiger charge is -2.39. The van der Waals surface area contributed by atoms with E-state index in [4.69, 9.17) is 5.73 Å². The molecule has 0 fully saturated rings. The van der Waals surface area contributed by atoms with Crippen LogP contribution >= 0.6 is 0 Å². The van der Waals surface area contributed by atoms with Crippen LogP contribution in [-0.4, -0.2) is 41.1 Å². The number of rotatable bonds is 9. The summed E-state index contributed by atoms with van der Waals surface area (Å²) < 4.78 is 0. The number of hydrogen-bond acceptors (Lipinski definition) is 3. The Morgan fingerprint density at radius 3 is 2.12 bits per heavy atom. The first-order valence-corrected chi connectivity index (χ1v) is 6.27. The van der Waals surface area contributed by atoms with Crippen LogP contribution in [0.3, 0.4) is 0 Å². The van der Waals surface area contributed by atoms with Gasteiger partial charge in [0.2, 0.25) is 0 Å². The molecule has 0 aliphatic rings. The van der Waals surface area contributed by atoms with Gasteiger partial charge in [-0.15, -0.1) is 0 Å². The van der Waals surface area contributed by atoms with Crippen molar-refractivity contribution in [2.45, 2.75) is 52.0 Å². The van der Waals surface area contributed by atoms with Gasteiger partial charge in [-0.3, -0.25) is 9.69 Å². The minimum absolute atomic E-state index is 0.637. The zero-order chi connectivity index (χ0) is 12.6. The van der Waals surface area contributed by atoms with Crippen molar-refractivity contribution in [1.82, 2.24) is 4.90 Å². The van der Waals surface area contributed by atoms with Crippen LogP contribution < -0.4 is 5.73 Å². The zero-order valence-electron chi connectivity index (χ0n) is 10.8. The maximum atomic E-state index is 11.5. The standard InChI is InChI=1S/C12H26N2O2/c1-4-12(11(15)16,9-7-8-10-13)14(5-2)6-3/h4-10,13H2,1-3H3,(H,15,16). The Morgan fingerprint density at radius 1 is 1.25 bits per heavy atom. The number of nitrogens with zero attached hydrogens (tertiary/aromatic N) is 1. The molecule has 1 unspecified atom stereocenters. The van der Waals surface area contributed by atoms with E-state index in [1.807, 2.05) is 25.7 Å². The summed E-state index contributed by atoms with van der Waals surface area (Å²) in [5, 5.41) is 9.48. The monoisotopic (exact) mass is 230 g/mol. The summed E-state index contributed by atoms with van der Waals surface area (Å²) in [7, 11) is 0. The molecule has 0 saturated heterocycles. The highest BCUT2D eigenvalue weighted by Crippen LogP contribution is 2.26. The molecule has 4 heteroatoms. The maximum Gasteiger partial charge on any atom is 0.324 e. The quantitative estimate of drug-likeness (QED) is 0.592. The third-order valence-electron chi connectivity index (χ3n) is 3.40. The Hall–Kier alpha value is -0.610. The van der Waals surface area contributed by atoms with Crippen molar-refractivity contribution >= 4 is 5.97 Å². The zero-order valence-corrected chi connectivity index (χ0v) is 10.8. The van der Waals surface area contributed by atoms with Gasteiger partial charge in [-0.05, 0) is 45.3 Å². The summed E-state index contributed by atoms with van der Waals surface area (Å²) in [5.74, 6) is -0.698.